The fourth-order valence-corrected chi connectivity index (χ4v) is 2.67. The minimum atomic E-state index is -0.795. The zero-order chi connectivity index (χ0) is 15.1. The third-order valence-corrected chi connectivity index (χ3v) is 3.90. The van der Waals surface area contributed by atoms with Crippen LogP contribution in [0.4, 0.5) is 8.78 Å². The molecule has 0 atom stereocenters. The summed E-state index contributed by atoms with van der Waals surface area (Å²) in [6.45, 7) is 0.198. The lowest BCUT2D eigenvalue weighted by Gasteiger charge is -2.35. The molecule has 6 heteroatoms. The van der Waals surface area contributed by atoms with Crippen LogP contribution in [0, 0.1) is 0 Å². The Bertz CT molecular complexity index is 824. The summed E-state index contributed by atoms with van der Waals surface area (Å²) in [6, 6.07) is 9.27. The van der Waals surface area contributed by atoms with E-state index in [0.29, 0.717) is 18.7 Å². The van der Waals surface area contributed by atoms with Crippen molar-refractivity contribution < 1.29 is 8.78 Å². The lowest BCUT2D eigenvalue weighted by molar-refractivity contribution is 0.230. The van der Waals surface area contributed by atoms with Gasteiger partial charge in [0.25, 0.3) is 0 Å². The highest BCUT2D eigenvalue weighted by atomic mass is 19.1. The third kappa shape index (κ3) is 2.11. The topological polar surface area (TPSA) is 34.0 Å². The first kappa shape index (κ1) is 13.2. The van der Waals surface area contributed by atoms with E-state index in [-0.39, 0.29) is 0 Å². The Morgan fingerprint density at radius 1 is 1.14 bits per heavy atom. The van der Waals surface area contributed by atoms with Crippen molar-refractivity contribution >= 4 is 11.0 Å². The number of hydrogen-bond donors (Lipinski definition) is 0. The first-order chi connectivity index (χ1) is 10.7. The Hall–Kier alpha value is -2.50. The van der Waals surface area contributed by atoms with Crippen LogP contribution in [0.1, 0.15) is 5.56 Å². The Kier molecular flexibility index (Phi) is 3.03. The molecule has 0 radical (unpaired) electrons. The number of rotatable bonds is 3. The van der Waals surface area contributed by atoms with Crippen LogP contribution in [-0.2, 0) is 6.67 Å². The van der Waals surface area contributed by atoms with E-state index < -0.39 is 12.8 Å². The highest BCUT2D eigenvalue weighted by Crippen LogP contribution is 2.25. The molecule has 0 amide bonds. The van der Waals surface area contributed by atoms with Crippen LogP contribution >= 0.6 is 0 Å². The molecule has 4 nitrogen and oxygen atoms in total. The summed E-state index contributed by atoms with van der Waals surface area (Å²) >= 11 is 0. The maximum absolute atomic E-state index is 13.1. The van der Waals surface area contributed by atoms with Gasteiger partial charge in [0.15, 0.2) is 0 Å². The molecule has 0 spiro atoms. The van der Waals surface area contributed by atoms with Crippen molar-refractivity contribution in [3.8, 4) is 11.1 Å². The van der Waals surface area contributed by atoms with Gasteiger partial charge in [-0.05, 0) is 23.3 Å². The van der Waals surface area contributed by atoms with Crippen LogP contribution in [0.3, 0.4) is 0 Å². The number of aromatic nitrogens is 3. The van der Waals surface area contributed by atoms with Gasteiger partial charge in [-0.15, -0.1) is 0 Å². The molecule has 2 aromatic heterocycles. The zero-order valence-electron chi connectivity index (χ0n) is 11.8. The van der Waals surface area contributed by atoms with Gasteiger partial charge in [-0.3, -0.25) is 9.99 Å². The van der Waals surface area contributed by atoms with E-state index in [9.17, 15) is 8.78 Å². The van der Waals surface area contributed by atoms with Crippen molar-refractivity contribution in [1.29, 1.82) is 0 Å². The monoisotopic (exact) mass is 300 g/mol. The molecule has 0 saturated carbocycles. The average molecular weight is 300 g/mol. The van der Waals surface area contributed by atoms with Gasteiger partial charge in [0.1, 0.15) is 23.9 Å². The van der Waals surface area contributed by atoms with Gasteiger partial charge < -0.3 is 0 Å². The van der Waals surface area contributed by atoms with Gasteiger partial charge in [0.2, 0.25) is 0 Å². The molecular formula is C16H14F2N4. The maximum atomic E-state index is 13.1. The molecule has 0 bridgehead atoms. The quantitative estimate of drug-likeness (QED) is 0.746. The number of fused-ring (bicyclic) bond motifs is 1. The lowest BCUT2D eigenvalue weighted by atomic mass is 10.0. The maximum Gasteiger partial charge on any atom is 0.138 e. The van der Waals surface area contributed by atoms with Crippen molar-refractivity contribution in [3.05, 3.63) is 48.3 Å². The third-order valence-electron chi connectivity index (χ3n) is 3.90. The van der Waals surface area contributed by atoms with Gasteiger partial charge in [0, 0.05) is 11.8 Å². The first-order valence-electron chi connectivity index (χ1n) is 7.13. The largest absolute Gasteiger partial charge is 0.290 e. The van der Waals surface area contributed by atoms with E-state index >= 15 is 0 Å². The number of halogens is 2. The zero-order valence-corrected chi connectivity index (χ0v) is 11.8. The molecule has 0 aliphatic carbocycles. The second-order valence-electron chi connectivity index (χ2n) is 5.47. The fourth-order valence-electron chi connectivity index (χ4n) is 2.67. The van der Waals surface area contributed by atoms with E-state index in [1.54, 1.807) is 23.3 Å². The molecular weight excluding hydrogens is 286 g/mol. The number of hydrogen-bond acceptors (Lipinski definition) is 3. The Morgan fingerprint density at radius 2 is 2.00 bits per heavy atom. The van der Waals surface area contributed by atoms with Gasteiger partial charge in [-0.25, -0.2) is 8.78 Å². The molecule has 112 valence electrons. The standard InChI is InChI=1S/C16H14F2N4/c17-6-11-2-1-3-12(4-11)13-5-16-15(19-7-13)8-20-22(16)21-9-14(18)10-21/h1-5,7-8,14H,6,9-10H2. The molecule has 1 aliphatic rings. The molecule has 1 saturated heterocycles. The second kappa shape index (κ2) is 5.05. The minimum absolute atomic E-state index is 0.346. The predicted octanol–water partition coefficient (Wildman–Crippen LogP) is 2.86. The number of benzene rings is 1. The molecule has 22 heavy (non-hydrogen) atoms. The molecule has 1 fully saturated rings. The molecule has 1 aliphatic heterocycles. The lowest BCUT2D eigenvalue weighted by Crippen LogP contribution is -2.55. The highest BCUT2D eigenvalue weighted by molar-refractivity contribution is 5.80. The molecule has 1 aromatic carbocycles. The van der Waals surface area contributed by atoms with Crippen LogP contribution in [0.15, 0.2) is 42.7 Å². The molecule has 0 unspecified atom stereocenters. The van der Waals surface area contributed by atoms with Gasteiger partial charge >= 0.3 is 0 Å². The molecule has 0 N–H and O–H groups in total. The summed E-state index contributed by atoms with van der Waals surface area (Å²) in [4.78, 5) is 6.09. The minimum Gasteiger partial charge on any atom is -0.290 e. The Labute approximate surface area is 126 Å². The number of nitrogens with zero attached hydrogens (tertiary/aromatic N) is 4. The molecule has 3 aromatic rings. The number of alkyl halides is 2. The normalized spacial score (nSPS) is 15.3. The SMILES string of the molecule is FCc1cccc(-c2cnc3cnn(N4CC(F)C4)c3c2)c1. The molecule has 4 rings (SSSR count). The van der Waals surface area contributed by atoms with Gasteiger partial charge in [-0.1, -0.05) is 18.2 Å². The fraction of sp³-hybridized carbons (Fsp3) is 0.250. The van der Waals surface area contributed by atoms with Crippen molar-refractivity contribution in [2.75, 3.05) is 18.1 Å². The van der Waals surface area contributed by atoms with Crippen molar-refractivity contribution in [2.45, 2.75) is 12.8 Å². The van der Waals surface area contributed by atoms with Crippen LogP contribution in [0.5, 0.6) is 0 Å². The second-order valence-corrected chi connectivity index (χ2v) is 5.47. The van der Waals surface area contributed by atoms with Crippen molar-refractivity contribution in [3.63, 3.8) is 0 Å². The Morgan fingerprint density at radius 3 is 2.77 bits per heavy atom. The first-order valence-corrected chi connectivity index (χ1v) is 7.13. The van der Waals surface area contributed by atoms with Crippen LogP contribution in [-0.4, -0.2) is 34.1 Å². The van der Waals surface area contributed by atoms with Crippen LogP contribution in [0.25, 0.3) is 22.2 Å². The van der Waals surface area contributed by atoms with Crippen LogP contribution < -0.4 is 5.01 Å². The Balaban J connectivity index is 1.77. The summed E-state index contributed by atoms with van der Waals surface area (Å²) in [7, 11) is 0. The van der Waals surface area contributed by atoms with Crippen molar-refractivity contribution in [1.82, 2.24) is 14.9 Å². The van der Waals surface area contributed by atoms with Gasteiger partial charge in [-0.2, -0.15) is 9.89 Å². The van der Waals surface area contributed by atoms with E-state index in [4.69, 9.17) is 0 Å². The summed E-state index contributed by atoms with van der Waals surface area (Å²) < 4.78 is 25.9. The summed E-state index contributed by atoms with van der Waals surface area (Å²) in [5.41, 5.74) is 4.02. The van der Waals surface area contributed by atoms with E-state index in [0.717, 1.165) is 22.2 Å². The predicted molar refractivity (Wildman–Crippen MR) is 80.6 cm³/mol. The summed E-state index contributed by atoms with van der Waals surface area (Å²) in [5.74, 6) is 0. The summed E-state index contributed by atoms with van der Waals surface area (Å²) in [6.07, 6.45) is 2.62. The van der Waals surface area contributed by atoms with E-state index in [1.807, 2.05) is 29.3 Å². The molecule has 3 heterocycles. The van der Waals surface area contributed by atoms with Gasteiger partial charge in [0.05, 0.1) is 19.3 Å². The van der Waals surface area contributed by atoms with E-state index in [1.165, 1.54) is 0 Å². The average Bonchev–Trinajstić information content (AvgIpc) is 2.94. The number of pyridine rings is 1. The summed E-state index contributed by atoms with van der Waals surface area (Å²) in [5, 5.41) is 6.10. The smallest absolute Gasteiger partial charge is 0.138 e. The van der Waals surface area contributed by atoms with Crippen molar-refractivity contribution in [2.24, 2.45) is 0 Å². The highest BCUT2D eigenvalue weighted by Gasteiger charge is 2.28. The van der Waals surface area contributed by atoms with E-state index in [2.05, 4.69) is 10.1 Å². The van der Waals surface area contributed by atoms with Crippen LogP contribution in [0.2, 0.25) is 0 Å².